The molecule has 0 fully saturated rings. The number of halogens is 3. The minimum Gasteiger partial charge on any atom is -0.477 e. The van der Waals surface area contributed by atoms with E-state index in [1.165, 1.54) is 36.2 Å². The molecule has 0 heterocycles. The van der Waals surface area contributed by atoms with Gasteiger partial charge >= 0.3 is 6.36 Å². The van der Waals surface area contributed by atoms with E-state index in [1.807, 2.05) is 0 Å². The fraction of sp³-hybridized carbons (Fsp3) is 0.294. The maximum Gasteiger partial charge on any atom is 0.573 e. The normalized spacial score (nSPS) is 17.4. The predicted octanol–water partition coefficient (Wildman–Crippen LogP) is 4.50. The van der Waals surface area contributed by atoms with Gasteiger partial charge in [0.15, 0.2) is 0 Å². The van der Waals surface area contributed by atoms with Crippen LogP contribution in [0.15, 0.2) is 66.2 Å². The van der Waals surface area contributed by atoms with Gasteiger partial charge in [0.05, 0.1) is 6.61 Å². The number of hydrazone groups is 1. The van der Waals surface area contributed by atoms with E-state index in [1.54, 1.807) is 19.1 Å². The van der Waals surface area contributed by atoms with Gasteiger partial charge in [0.25, 0.3) is 0 Å². The summed E-state index contributed by atoms with van der Waals surface area (Å²) in [5.74, 6) is -0.851. The van der Waals surface area contributed by atoms with Crippen molar-refractivity contribution in [2.45, 2.75) is 20.2 Å². The summed E-state index contributed by atoms with van der Waals surface area (Å²) in [4.78, 5) is 0. The molecular weight excluding hydrogens is 335 g/mol. The van der Waals surface area contributed by atoms with Gasteiger partial charge in [-0.25, -0.2) is 5.01 Å². The Labute approximate surface area is 144 Å². The highest BCUT2D eigenvalue weighted by Gasteiger charge is 2.32. The lowest BCUT2D eigenvalue weighted by Crippen LogP contribution is -2.27. The van der Waals surface area contributed by atoms with Crippen LogP contribution < -0.4 is 0 Å². The molecule has 0 saturated carbocycles. The highest BCUT2D eigenvalue weighted by Crippen LogP contribution is 2.27. The Morgan fingerprint density at radius 3 is 2.64 bits per heavy atom. The molecule has 1 aliphatic rings. The van der Waals surface area contributed by atoms with Crippen molar-refractivity contribution in [2.75, 3.05) is 6.61 Å². The standard InChI is InChI=1S/C17H20F3N3O2/c1-5-16(24-6-2)22-23(13(4)21)12(3)14-9-7-8-10-15(11-14)25-17(18,19)20/h5,7-11,14,21H,1,3,6H2,2,4H3/b21-13?,22-16+. The van der Waals surface area contributed by atoms with Crippen molar-refractivity contribution in [3.8, 4) is 0 Å². The average molecular weight is 355 g/mol. The van der Waals surface area contributed by atoms with Crippen molar-refractivity contribution >= 4 is 11.7 Å². The number of ether oxygens (including phenoxy) is 2. The Kier molecular flexibility index (Phi) is 7.22. The molecule has 0 radical (unpaired) electrons. The molecular formula is C17H20F3N3O2. The summed E-state index contributed by atoms with van der Waals surface area (Å²) in [6.45, 7) is 11.0. The van der Waals surface area contributed by atoms with Crippen LogP contribution in [-0.2, 0) is 9.47 Å². The van der Waals surface area contributed by atoms with Crippen LogP contribution >= 0.6 is 0 Å². The van der Waals surface area contributed by atoms with Crippen LogP contribution in [0.3, 0.4) is 0 Å². The van der Waals surface area contributed by atoms with Crippen molar-refractivity contribution in [3.05, 3.63) is 61.1 Å². The van der Waals surface area contributed by atoms with Gasteiger partial charge in [-0.15, -0.1) is 18.3 Å². The average Bonchev–Trinajstić information content (AvgIpc) is 2.74. The van der Waals surface area contributed by atoms with E-state index in [2.05, 4.69) is 23.0 Å². The Balaban J connectivity index is 3.13. The molecule has 1 rings (SSSR count). The molecule has 0 saturated heterocycles. The van der Waals surface area contributed by atoms with E-state index < -0.39 is 12.3 Å². The fourth-order valence-electron chi connectivity index (χ4n) is 1.90. The number of hydrogen-bond acceptors (Lipinski definition) is 4. The van der Waals surface area contributed by atoms with Gasteiger partial charge in [-0.3, -0.25) is 5.41 Å². The lowest BCUT2D eigenvalue weighted by Gasteiger charge is -2.24. The van der Waals surface area contributed by atoms with Crippen LogP contribution in [0.25, 0.3) is 0 Å². The molecule has 8 heteroatoms. The van der Waals surface area contributed by atoms with Crippen LogP contribution in [0.5, 0.6) is 0 Å². The van der Waals surface area contributed by atoms with Gasteiger partial charge < -0.3 is 9.47 Å². The molecule has 136 valence electrons. The third kappa shape index (κ3) is 6.70. The van der Waals surface area contributed by atoms with Gasteiger partial charge in [-0.2, -0.15) is 0 Å². The second-order valence-electron chi connectivity index (χ2n) is 4.85. The molecule has 0 spiro atoms. The number of alkyl halides is 3. The van der Waals surface area contributed by atoms with E-state index >= 15 is 0 Å². The van der Waals surface area contributed by atoms with Gasteiger partial charge in [0.2, 0.25) is 5.90 Å². The first-order valence-corrected chi connectivity index (χ1v) is 7.38. The summed E-state index contributed by atoms with van der Waals surface area (Å²) in [7, 11) is 0. The van der Waals surface area contributed by atoms with Crippen molar-refractivity contribution in [1.82, 2.24) is 5.01 Å². The van der Waals surface area contributed by atoms with Crippen molar-refractivity contribution in [3.63, 3.8) is 0 Å². The Morgan fingerprint density at radius 2 is 2.12 bits per heavy atom. The molecule has 1 atom stereocenters. The minimum atomic E-state index is -4.80. The van der Waals surface area contributed by atoms with Gasteiger partial charge in [-0.1, -0.05) is 31.4 Å². The number of nitrogens with one attached hydrogen (secondary N) is 1. The number of amidine groups is 1. The molecule has 0 aromatic heterocycles. The van der Waals surface area contributed by atoms with E-state index in [9.17, 15) is 13.2 Å². The van der Waals surface area contributed by atoms with Crippen LogP contribution in [0.2, 0.25) is 0 Å². The third-order valence-electron chi connectivity index (χ3n) is 2.91. The zero-order valence-corrected chi connectivity index (χ0v) is 14.0. The Morgan fingerprint density at radius 1 is 1.44 bits per heavy atom. The van der Waals surface area contributed by atoms with E-state index in [-0.39, 0.29) is 23.2 Å². The second kappa shape index (κ2) is 8.91. The predicted molar refractivity (Wildman–Crippen MR) is 90.6 cm³/mol. The summed E-state index contributed by atoms with van der Waals surface area (Å²) in [5, 5.41) is 13.2. The number of nitrogens with zero attached hydrogens (tertiary/aromatic N) is 2. The first-order valence-electron chi connectivity index (χ1n) is 7.38. The lowest BCUT2D eigenvalue weighted by atomic mass is 10.0. The van der Waals surface area contributed by atoms with Gasteiger partial charge in [-0.05, 0) is 32.1 Å². The zero-order chi connectivity index (χ0) is 19.0. The molecule has 1 aliphatic carbocycles. The van der Waals surface area contributed by atoms with Crippen molar-refractivity contribution in [2.24, 2.45) is 11.0 Å². The van der Waals surface area contributed by atoms with Crippen LogP contribution in [0.1, 0.15) is 13.8 Å². The van der Waals surface area contributed by atoms with E-state index in [0.29, 0.717) is 6.61 Å². The Bertz CT molecular complexity index is 646. The maximum absolute atomic E-state index is 12.5. The number of allylic oxidation sites excluding steroid dienone is 4. The summed E-state index contributed by atoms with van der Waals surface area (Å²) in [5.41, 5.74) is 0.259. The molecule has 0 bridgehead atoms. The molecule has 0 amide bonds. The molecule has 0 aromatic carbocycles. The molecule has 0 aliphatic heterocycles. The van der Waals surface area contributed by atoms with Gasteiger partial charge in [0, 0.05) is 11.6 Å². The molecule has 1 unspecified atom stereocenters. The first-order chi connectivity index (χ1) is 11.7. The fourth-order valence-corrected chi connectivity index (χ4v) is 1.90. The SMILES string of the molecule is C=C/C(=N\N(C(=C)C1C=CC=CC(OC(F)(F)F)=C1)C(C)=N)OCC. The highest BCUT2D eigenvalue weighted by atomic mass is 19.4. The quantitative estimate of drug-likeness (QED) is 0.434. The first kappa shape index (κ1) is 20.3. The maximum atomic E-state index is 12.5. The molecule has 0 aromatic rings. The largest absolute Gasteiger partial charge is 0.573 e. The van der Waals surface area contributed by atoms with Crippen molar-refractivity contribution in [1.29, 1.82) is 5.41 Å². The summed E-state index contributed by atoms with van der Waals surface area (Å²) < 4.78 is 46.6. The Hall–Kier alpha value is -2.77. The smallest absolute Gasteiger partial charge is 0.477 e. The summed E-state index contributed by atoms with van der Waals surface area (Å²) in [6, 6.07) is 0. The second-order valence-corrected chi connectivity index (χ2v) is 4.85. The van der Waals surface area contributed by atoms with E-state index in [0.717, 1.165) is 0 Å². The number of rotatable bonds is 6. The van der Waals surface area contributed by atoms with E-state index in [4.69, 9.17) is 10.1 Å². The molecule has 25 heavy (non-hydrogen) atoms. The minimum absolute atomic E-state index is 0.0151. The monoisotopic (exact) mass is 355 g/mol. The summed E-state index contributed by atoms with van der Waals surface area (Å²) in [6.07, 6.45) is 3.61. The van der Waals surface area contributed by atoms with Crippen LogP contribution in [-0.4, -0.2) is 29.7 Å². The summed E-state index contributed by atoms with van der Waals surface area (Å²) >= 11 is 0. The number of hydrogen-bond donors (Lipinski definition) is 1. The lowest BCUT2D eigenvalue weighted by molar-refractivity contribution is -0.303. The highest BCUT2D eigenvalue weighted by molar-refractivity contribution is 5.89. The van der Waals surface area contributed by atoms with Gasteiger partial charge in [0.1, 0.15) is 11.6 Å². The molecule has 1 N–H and O–H groups in total. The molecule has 5 nitrogen and oxygen atoms in total. The van der Waals surface area contributed by atoms with Crippen molar-refractivity contribution < 1.29 is 22.6 Å². The zero-order valence-electron chi connectivity index (χ0n) is 14.0. The topological polar surface area (TPSA) is 57.9 Å². The van der Waals surface area contributed by atoms with Crippen LogP contribution in [0, 0.1) is 11.3 Å². The van der Waals surface area contributed by atoms with Crippen LogP contribution in [0.4, 0.5) is 13.2 Å². The third-order valence-corrected chi connectivity index (χ3v) is 2.91.